The number of likely N-dealkylation sites (tertiary alicyclic amines) is 1. The first-order valence-electron chi connectivity index (χ1n) is 8.28. The molecule has 5 nitrogen and oxygen atoms in total. The highest BCUT2D eigenvalue weighted by Crippen LogP contribution is 2.27. The molecule has 0 radical (unpaired) electrons. The first-order chi connectivity index (χ1) is 11.3. The van der Waals surface area contributed by atoms with Gasteiger partial charge in [-0.3, -0.25) is 4.79 Å². The Balaban J connectivity index is 0.00000113. The van der Waals surface area contributed by atoms with E-state index >= 15 is 0 Å². The molecule has 2 atom stereocenters. The summed E-state index contributed by atoms with van der Waals surface area (Å²) >= 11 is 0. The maximum Gasteiger partial charge on any atom is 0.223 e. The van der Waals surface area contributed by atoms with E-state index in [9.17, 15) is 4.79 Å². The van der Waals surface area contributed by atoms with Gasteiger partial charge in [0.05, 0.1) is 6.20 Å². The number of rotatable bonds is 4. The third kappa shape index (κ3) is 4.35. The largest absolute Gasteiger partial charge is 0.441 e. The van der Waals surface area contributed by atoms with Crippen molar-refractivity contribution in [3.8, 4) is 11.3 Å². The number of hydrogen-bond donors (Lipinski definition) is 1. The van der Waals surface area contributed by atoms with Crippen LogP contribution in [0.15, 0.2) is 40.9 Å². The van der Waals surface area contributed by atoms with Crippen molar-refractivity contribution in [2.75, 3.05) is 26.2 Å². The number of amides is 1. The number of carbonyl (C=O) groups excluding carboxylic acids is 1. The van der Waals surface area contributed by atoms with Gasteiger partial charge in [-0.2, -0.15) is 0 Å². The van der Waals surface area contributed by atoms with E-state index in [0.29, 0.717) is 30.6 Å². The van der Waals surface area contributed by atoms with E-state index in [1.807, 2.05) is 35.2 Å². The van der Waals surface area contributed by atoms with Crippen molar-refractivity contribution in [1.82, 2.24) is 15.2 Å². The fourth-order valence-corrected chi connectivity index (χ4v) is 3.59. The fourth-order valence-electron chi connectivity index (χ4n) is 3.59. The van der Waals surface area contributed by atoms with Gasteiger partial charge in [-0.15, -0.1) is 24.8 Å². The molecule has 1 aromatic heterocycles. The summed E-state index contributed by atoms with van der Waals surface area (Å²) in [5, 5.41) is 3.40. The third-order valence-electron chi connectivity index (χ3n) is 4.91. The predicted molar refractivity (Wildman–Crippen MR) is 101 cm³/mol. The second kappa shape index (κ2) is 8.70. The number of halogens is 2. The van der Waals surface area contributed by atoms with Crippen molar-refractivity contribution in [3.63, 3.8) is 0 Å². The molecule has 4 rings (SSSR count). The van der Waals surface area contributed by atoms with Gasteiger partial charge >= 0.3 is 0 Å². The molecule has 3 heterocycles. The zero-order valence-corrected chi connectivity index (χ0v) is 15.5. The highest BCUT2D eigenvalue weighted by Gasteiger charge is 2.37. The summed E-state index contributed by atoms with van der Waals surface area (Å²) < 4.78 is 5.77. The summed E-state index contributed by atoms with van der Waals surface area (Å²) in [5.74, 6) is 2.91. The molecule has 1 amide bonds. The van der Waals surface area contributed by atoms with Gasteiger partial charge in [0.1, 0.15) is 0 Å². The summed E-state index contributed by atoms with van der Waals surface area (Å²) in [6.45, 7) is 3.90. The Bertz CT molecular complexity index is 681. The van der Waals surface area contributed by atoms with Gasteiger partial charge in [0.25, 0.3) is 0 Å². The van der Waals surface area contributed by atoms with Crippen molar-refractivity contribution in [2.24, 2.45) is 11.8 Å². The van der Waals surface area contributed by atoms with Gasteiger partial charge in [-0.1, -0.05) is 30.3 Å². The topological polar surface area (TPSA) is 58.4 Å². The van der Waals surface area contributed by atoms with Crippen LogP contribution in [0.5, 0.6) is 0 Å². The minimum Gasteiger partial charge on any atom is -0.441 e. The van der Waals surface area contributed by atoms with Gasteiger partial charge < -0.3 is 14.6 Å². The molecule has 1 N–H and O–H groups in total. The summed E-state index contributed by atoms with van der Waals surface area (Å²) in [4.78, 5) is 18.7. The van der Waals surface area contributed by atoms with Crippen LogP contribution in [-0.2, 0) is 11.2 Å². The minimum absolute atomic E-state index is 0. The van der Waals surface area contributed by atoms with E-state index in [1.54, 1.807) is 6.20 Å². The van der Waals surface area contributed by atoms with E-state index in [2.05, 4.69) is 10.3 Å². The van der Waals surface area contributed by atoms with Crippen molar-refractivity contribution < 1.29 is 9.21 Å². The average Bonchev–Trinajstić information content (AvgIpc) is 3.29. The van der Waals surface area contributed by atoms with E-state index < -0.39 is 0 Å². The second-order valence-corrected chi connectivity index (χ2v) is 6.46. The van der Waals surface area contributed by atoms with E-state index in [-0.39, 0.29) is 30.7 Å². The smallest absolute Gasteiger partial charge is 0.223 e. The van der Waals surface area contributed by atoms with Gasteiger partial charge in [0.2, 0.25) is 5.91 Å². The molecule has 0 aliphatic carbocycles. The molecule has 0 saturated carbocycles. The van der Waals surface area contributed by atoms with Crippen LogP contribution in [0.1, 0.15) is 12.3 Å². The van der Waals surface area contributed by atoms with Crippen molar-refractivity contribution in [3.05, 3.63) is 42.4 Å². The van der Waals surface area contributed by atoms with E-state index in [0.717, 1.165) is 37.5 Å². The number of aryl methyl sites for hydroxylation is 1. The molecule has 0 bridgehead atoms. The Hall–Kier alpha value is -1.56. The second-order valence-electron chi connectivity index (χ2n) is 6.46. The maximum absolute atomic E-state index is 12.4. The number of fused-ring (bicyclic) bond motifs is 1. The number of nitrogens with one attached hydrogen (secondary N) is 1. The van der Waals surface area contributed by atoms with Crippen molar-refractivity contribution in [1.29, 1.82) is 0 Å². The molecule has 0 unspecified atom stereocenters. The highest BCUT2D eigenvalue weighted by molar-refractivity contribution is 5.85. The number of nitrogens with zero attached hydrogens (tertiary/aromatic N) is 2. The molecule has 2 saturated heterocycles. The van der Waals surface area contributed by atoms with Crippen LogP contribution in [0.3, 0.4) is 0 Å². The summed E-state index contributed by atoms with van der Waals surface area (Å²) in [6.07, 6.45) is 2.78. The van der Waals surface area contributed by atoms with Crippen LogP contribution >= 0.6 is 24.8 Å². The monoisotopic (exact) mass is 383 g/mol. The Morgan fingerprint density at radius 1 is 1.16 bits per heavy atom. The lowest BCUT2D eigenvalue weighted by molar-refractivity contribution is -0.130. The number of carbonyl (C=O) groups is 1. The molecular formula is C18H23Cl2N3O2. The third-order valence-corrected chi connectivity index (χ3v) is 4.91. The molecule has 25 heavy (non-hydrogen) atoms. The molecule has 2 aliphatic heterocycles. The lowest BCUT2D eigenvalue weighted by atomic mass is 10.0. The SMILES string of the molecule is Cl.Cl.O=C(CCc1ncc(-c2ccccc2)o1)N1C[C@H]2CNC[C@H]2C1. The standard InChI is InChI=1S/C18H21N3O2.2ClH/c22-18(21-11-14-8-19-9-15(14)12-21)7-6-17-20-10-16(23-17)13-4-2-1-3-5-13;;/h1-5,10,14-15,19H,6-9,11-12H2;2*1H/t14-,15+;;. The van der Waals surface area contributed by atoms with E-state index in [4.69, 9.17) is 4.42 Å². The van der Waals surface area contributed by atoms with Crippen LogP contribution in [0.2, 0.25) is 0 Å². The molecule has 2 aromatic rings. The first-order valence-corrected chi connectivity index (χ1v) is 8.28. The minimum atomic E-state index is 0. The molecule has 7 heteroatoms. The van der Waals surface area contributed by atoms with Crippen LogP contribution in [-0.4, -0.2) is 42.0 Å². The fraction of sp³-hybridized carbons (Fsp3) is 0.444. The summed E-state index contributed by atoms with van der Waals surface area (Å²) in [5.41, 5.74) is 1.01. The quantitative estimate of drug-likeness (QED) is 0.881. The Morgan fingerprint density at radius 3 is 2.52 bits per heavy atom. The molecule has 2 aliphatic rings. The van der Waals surface area contributed by atoms with E-state index in [1.165, 1.54) is 0 Å². The Morgan fingerprint density at radius 2 is 1.84 bits per heavy atom. The van der Waals surface area contributed by atoms with Gasteiger partial charge in [0.15, 0.2) is 11.7 Å². The molecule has 1 aromatic carbocycles. The molecule has 2 fully saturated rings. The van der Waals surface area contributed by atoms with Crippen molar-refractivity contribution >= 4 is 30.7 Å². The number of hydrogen-bond acceptors (Lipinski definition) is 4. The highest BCUT2D eigenvalue weighted by atomic mass is 35.5. The lowest BCUT2D eigenvalue weighted by Crippen LogP contribution is -2.32. The normalized spacial score (nSPS) is 21.4. The van der Waals surface area contributed by atoms with Crippen LogP contribution in [0.4, 0.5) is 0 Å². The van der Waals surface area contributed by atoms with Gasteiger partial charge in [-0.25, -0.2) is 4.98 Å². The summed E-state index contributed by atoms with van der Waals surface area (Å²) in [6, 6.07) is 9.90. The Labute approximate surface area is 160 Å². The zero-order chi connectivity index (χ0) is 15.6. The van der Waals surface area contributed by atoms with Crippen LogP contribution in [0.25, 0.3) is 11.3 Å². The van der Waals surface area contributed by atoms with Crippen molar-refractivity contribution in [2.45, 2.75) is 12.8 Å². The van der Waals surface area contributed by atoms with Gasteiger partial charge in [0, 0.05) is 44.6 Å². The molecular weight excluding hydrogens is 361 g/mol. The molecule has 136 valence electrons. The summed E-state index contributed by atoms with van der Waals surface area (Å²) in [7, 11) is 0. The van der Waals surface area contributed by atoms with Crippen LogP contribution in [0, 0.1) is 11.8 Å². The average molecular weight is 384 g/mol. The number of oxazole rings is 1. The first kappa shape index (κ1) is 19.8. The van der Waals surface area contributed by atoms with Crippen LogP contribution < -0.4 is 5.32 Å². The number of benzene rings is 1. The van der Waals surface area contributed by atoms with Gasteiger partial charge in [-0.05, 0) is 11.8 Å². The molecule has 0 spiro atoms. The zero-order valence-electron chi connectivity index (χ0n) is 13.9. The maximum atomic E-state index is 12.4. The number of aromatic nitrogens is 1. The predicted octanol–water partition coefficient (Wildman–Crippen LogP) is 2.80. The Kier molecular flexibility index (Phi) is 6.87. The lowest BCUT2D eigenvalue weighted by Gasteiger charge is -2.16.